The molecule has 0 saturated carbocycles. The third kappa shape index (κ3) is 4.32. The van der Waals surface area contributed by atoms with Gasteiger partial charge in [0.15, 0.2) is 0 Å². The van der Waals surface area contributed by atoms with Gasteiger partial charge in [-0.25, -0.2) is 9.18 Å². The molecule has 0 saturated heterocycles. The van der Waals surface area contributed by atoms with Gasteiger partial charge in [0.05, 0.1) is 11.1 Å². The van der Waals surface area contributed by atoms with E-state index in [9.17, 15) is 19.1 Å². The molecule has 0 unspecified atom stereocenters. The number of amides is 2. The van der Waals surface area contributed by atoms with E-state index in [1.54, 1.807) is 13.8 Å². The average molecular weight is 317 g/mol. The molecule has 5 nitrogen and oxygen atoms in total. The first-order chi connectivity index (χ1) is 9.84. The van der Waals surface area contributed by atoms with E-state index in [2.05, 4.69) is 10.6 Å². The smallest absolute Gasteiger partial charge is 0.319 e. The monoisotopic (exact) mass is 316 g/mol. The maximum Gasteiger partial charge on any atom is 0.319 e. The summed E-state index contributed by atoms with van der Waals surface area (Å²) in [7, 11) is 0. The number of rotatable bonds is 6. The van der Waals surface area contributed by atoms with Crippen molar-refractivity contribution in [3.63, 3.8) is 0 Å². The zero-order chi connectivity index (χ0) is 16.0. The van der Waals surface area contributed by atoms with Crippen molar-refractivity contribution in [3.8, 4) is 0 Å². The van der Waals surface area contributed by atoms with Gasteiger partial charge in [0, 0.05) is 11.6 Å². The van der Waals surface area contributed by atoms with Gasteiger partial charge < -0.3 is 15.7 Å². The van der Waals surface area contributed by atoms with Crippen molar-refractivity contribution in [3.05, 3.63) is 29.0 Å². The van der Waals surface area contributed by atoms with Gasteiger partial charge in [-0.3, -0.25) is 4.79 Å². The SMILES string of the molecule is CCC(CC)(CNC(=O)Nc1ccc(Cl)cc1F)C(=O)O. The molecule has 0 bridgehead atoms. The van der Waals surface area contributed by atoms with Crippen LogP contribution in [0.5, 0.6) is 0 Å². The summed E-state index contributed by atoms with van der Waals surface area (Å²) in [5, 5.41) is 14.3. The molecule has 7 heteroatoms. The molecular formula is C14H18ClFN2O3. The van der Waals surface area contributed by atoms with Crippen LogP contribution in [0.4, 0.5) is 14.9 Å². The summed E-state index contributed by atoms with van der Waals surface area (Å²) < 4.78 is 13.5. The molecule has 1 aromatic rings. The highest BCUT2D eigenvalue weighted by Crippen LogP contribution is 2.25. The minimum Gasteiger partial charge on any atom is -0.481 e. The minimum atomic E-state index is -1.02. The topological polar surface area (TPSA) is 78.4 Å². The van der Waals surface area contributed by atoms with Crippen molar-refractivity contribution < 1.29 is 19.1 Å². The van der Waals surface area contributed by atoms with E-state index in [0.717, 1.165) is 6.07 Å². The molecule has 0 aromatic heterocycles. The fourth-order valence-corrected chi connectivity index (χ4v) is 2.04. The highest BCUT2D eigenvalue weighted by Gasteiger charge is 2.35. The number of carbonyl (C=O) groups excluding carboxylic acids is 1. The van der Waals surface area contributed by atoms with Gasteiger partial charge in [-0.1, -0.05) is 25.4 Å². The Morgan fingerprint density at radius 2 is 1.95 bits per heavy atom. The van der Waals surface area contributed by atoms with Crippen LogP contribution in [0.2, 0.25) is 5.02 Å². The summed E-state index contributed by atoms with van der Waals surface area (Å²) in [6, 6.07) is 3.20. The van der Waals surface area contributed by atoms with Crippen LogP contribution in [-0.4, -0.2) is 23.7 Å². The van der Waals surface area contributed by atoms with E-state index in [4.69, 9.17) is 11.6 Å². The molecule has 21 heavy (non-hydrogen) atoms. The molecule has 0 atom stereocenters. The van der Waals surface area contributed by atoms with Crippen LogP contribution < -0.4 is 10.6 Å². The summed E-state index contributed by atoms with van der Waals surface area (Å²) in [6.45, 7) is 3.46. The normalized spacial score (nSPS) is 11.0. The van der Waals surface area contributed by atoms with Gasteiger partial charge in [-0.05, 0) is 31.0 Å². The van der Waals surface area contributed by atoms with Crippen molar-refractivity contribution in [1.82, 2.24) is 5.32 Å². The number of anilines is 1. The maximum atomic E-state index is 13.5. The maximum absolute atomic E-state index is 13.5. The van der Waals surface area contributed by atoms with Gasteiger partial charge in [0.1, 0.15) is 5.82 Å². The Kier molecular flexibility index (Phi) is 5.96. The molecule has 3 N–H and O–H groups in total. The van der Waals surface area contributed by atoms with Crippen LogP contribution >= 0.6 is 11.6 Å². The van der Waals surface area contributed by atoms with E-state index < -0.39 is 23.2 Å². The molecular weight excluding hydrogens is 299 g/mol. The Hall–Kier alpha value is -1.82. The minimum absolute atomic E-state index is 0.0224. The van der Waals surface area contributed by atoms with Crippen LogP contribution in [0, 0.1) is 11.2 Å². The van der Waals surface area contributed by atoms with Gasteiger partial charge in [-0.15, -0.1) is 0 Å². The number of nitrogens with one attached hydrogen (secondary N) is 2. The van der Waals surface area contributed by atoms with Crippen LogP contribution in [0.1, 0.15) is 26.7 Å². The summed E-state index contributed by atoms with van der Waals surface area (Å²) >= 11 is 5.61. The van der Waals surface area contributed by atoms with Crippen molar-refractivity contribution in [2.75, 3.05) is 11.9 Å². The predicted octanol–water partition coefficient (Wildman–Crippen LogP) is 3.49. The van der Waals surface area contributed by atoms with Crippen molar-refractivity contribution in [2.24, 2.45) is 5.41 Å². The summed E-state index contributed by atoms with van der Waals surface area (Å²) in [6.07, 6.45) is 0.767. The largest absolute Gasteiger partial charge is 0.481 e. The van der Waals surface area contributed by atoms with Crippen LogP contribution in [-0.2, 0) is 4.79 Å². The number of urea groups is 1. The van der Waals surface area contributed by atoms with Crippen LogP contribution in [0.15, 0.2) is 18.2 Å². The van der Waals surface area contributed by atoms with Gasteiger partial charge >= 0.3 is 12.0 Å². The summed E-state index contributed by atoms with van der Waals surface area (Å²) in [5.74, 6) is -1.63. The third-order valence-electron chi connectivity index (χ3n) is 3.57. The highest BCUT2D eigenvalue weighted by atomic mass is 35.5. The second-order valence-corrected chi connectivity index (χ2v) is 5.16. The molecule has 1 rings (SSSR count). The summed E-state index contributed by atoms with van der Waals surface area (Å²) in [5.41, 5.74) is -1.04. The van der Waals surface area contributed by atoms with E-state index in [0.29, 0.717) is 12.8 Å². The molecule has 0 aliphatic heterocycles. The van der Waals surface area contributed by atoms with E-state index >= 15 is 0 Å². The molecule has 0 radical (unpaired) electrons. The van der Waals surface area contributed by atoms with Crippen molar-refractivity contribution in [1.29, 1.82) is 0 Å². The van der Waals surface area contributed by atoms with Crippen molar-refractivity contribution in [2.45, 2.75) is 26.7 Å². The van der Waals surface area contributed by atoms with Crippen LogP contribution in [0.3, 0.4) is 0 Å². The lowest BCUT2D eigenvalue weighted by molar-refractivity contribution is -0.149. The molecule has 116 valence electrons. The second-order valence-electron chi connectivity index (χ2n) is 4.72. The number of hydrogen-bond acceptors (Lipinski definition) is 2. The van der Waals surface area contributed by atoms with E-state index in [-0.39, 0.29) is 17.3 Å². The molecule has 0 aliphatic carbocycles. The Labute approximate surface area is 127 Å². The Morgan fingerprint density at radius 3 is 2.43 bits per heavy atom. The zero-order valence-electron chi connectivity index (χ0n) is 11.9. The Bertz CT molecular complexity index is 533. The first kappa shape index (κ1) is 17.2. The zero-order valence-corrected chi connectivity index (χ0v) is 12.6. The third-order valence-corrected chi connectivity index (χ3v) is 3.81. The fraction of sp³-hybridized carbons (Fsp3) is 0.429. The van der Waals surface area contributed by atoms with Gasteiger partial charge in [0.2, 0.25) is 0 Å². The molecule has 0 spiro atoms. The molecule has 0 fully saturated rings. The molecule has 1 aromatic carbocycles. The standard InChI is InChI=1S/C14H18ClFN2O3/c1-3-14(4-2,12(19)20)8-17-13(21)18-11-6-5-9(15)7-10(11)16/h5-7H,3-4,8H2,1-2H3,(H,19,20)(H2,17,18,21). The molecule has 2 amide bonds. The quantitative estimate of drug-likeness (QED) is 0.751. The lowest BCUT2D eigenvalue weighted by Gasteiger charge is -2.26. The Balaban J connectivity index is 2.67. The highest BCUT2D eigenvalue weighted by molar-refractivity contribution is 6.30. The number of benzene rings is 1. The van der Waals surface area contributed by atoms with Crippen molar-refractivity contribution >= 4 is 29.3 Å². The van der Waals surface area contributed by atoms with Gasteiger partial charge in [-0.2, -0.15) is 0 Å². The average Bonchev–Trinajstić information content (AvgIpc) is 2.43. The Morgan fingerprint density at radius 1 is 1.33 bits per heavy atom. The van der Waals surface area contributed by atoms with Gasteiger partial charge in [0.25, 0.3) is 0 Å². The molecule has 0 heterocycles. The lowest BCUT2D eigenvalue weighted by atomic mass is 9.82. The number of carboxylic acids is 1. The number of carboxylic acid groups (broad SMARTS) is 1. The number of halogens is 2. The predicted molar refractivity (Wildman–Crippen MR) is 79.1 cm³/mol. The number of carbonyl (C=O) groups is 2. The number of hydrogen-bond donors (Lipinski definition) is 3. The second kappa shape index (κ2) is 7.26. The summed E-state index contributed by atoms with van der Waals surface area (Å²) in [4.78, 5) is 23.0. The first-order valence-corrected chi connectivity index (χ1v) is 6.95. The van der Waals surface area contributed by atoms with E-state index in [1.165, 1.54) is 12.1 Å². The van der Waals surface area contributed by atoms with Crippen LogP contribution in [0.25, 0.3) is 0 Å². The lowest BCUT2D eigenvalue weighted by Crippen LogP contribution is -2.43. The fourth-order valence-electron chi connectivity index (χ4n) is 1.88. The molecule has 0 aliphatic rings. The van der Waals surface area contributed by atoms with E-state index in [1.807, 2.05) is 0 Å². The first-order valence-electron chi connectivity index (χ1n) is 6.58. The number of aliphatic carboxylic acids is 1.